The molecule has 1 aromatic carbocycles. The lowest BCUT2D eigenvalue weighted by molar-refractivity contribution is -0.137. The van der Waals surface area contributed by atoms with Crippen LogP contribution in [0.1, 0.15) is 18.9 Å². The van der Waals surface area contributed by atoms with E-state index in [1.807, 2.05) is 6.92 Å². The van der Waals surface area contributed by atoms with E-state index in [0.717, 1.165) is 5.56 Å². The predicted molar refractivity (Wildman–Crippen MR) is 64.2 cm³/mol. The van der Waals surface area contributed by atoms with Gasteiger partial charge in [-0.1, -0.05) is 0 Å². The molecule has 0 heterocycles. The van der Waals surface area contributed by atoms with E-state index in [1.54, 1.807) is 13.0 Å². The minimum absolute atomic E-state index is 0.00285. The fourth-order valence-electron chi connectivity index (χ4n) is 1.38. The van der Waals surface area contributed by atoms with Crippen LogP contribution in [0.2, 0.25) is 0 Å². The third-order valence-electron chi connectivity index (χ3n) is 2.15. The Bertz CT molecular complexity index is 409. The Morgan fingerprint density at radius 2 is 2.25 bits per heavy atom. The molecule has 0 amide bonds. The van der Waals surface area contributed by atoms with Crippen molar-refractivity contribution < 1.29 is 14.3 Å². The van der Waals surface area contributed by atoms with Gasteiger partial charge in [0.2, 0.25) is 0 Å². The van der Waals surface area contributed by atoms with E-state index in [4.69, 9.17) is 5.11 Å². The van der Waals surface area contributed by atoms with Gasteiger partial charge in [0.1, 0.15) is 5.82 Å². The monoisotopic (exact) mass is 289 g/mol. The van der Waals surface area contributed by atoms with Gasteiger partial charge < -0.3 is 10.4 Å². The average Bonchev–Trinajstić information content (AvgIpc) is 2.12. The summed E-state index contributed by atoms with van der Waals surface area (Å²) in [6.07, 6.45) is -0.00285. The van der Waals surface area contributed by atoms with Gasteiger partial charge in [-0.05, 0) is 47.5 Å². The molecule has 88 valence electrons. The molecular weight excluding hydrogens is 277 g/mol. The highest BCUT2D eigenvalue weighted by molar-refractivity contribution is 9.10. The van der Waals surface area contributed by atoms with E-state index in [1.165, 1.54) is 6.07 Å². The van der Waals surface area contributed by atoms with E-state index >= 15 is 0 Å². The fraction of sp³-hybridized carbons (Fsp3) is 0.364. The SMILES string of the molecule is Cc1cc(Br)c(F)cc1NC(C)CC(=O)O. The van der Waals surface area contributed by atoms with Crippen LogP contribution in [0.15, 0.2) is 16.6 Å². The molecule has 16 heavy (non-hydrogen) atoms. The summed E-state index contributed by atoms with van der Waals surface area (Å²) in [6, 6.07) is 2.78. The van der Waals surface area contributed by atoms with Crippen molar-refractivity contribution >= 4 is 27.6 Å². The van der Waals surface area contributed by atoms with Crippen molar-refractivity contribution in [3.8, 4) is 0 Å². The van der Waals surface area contributed by atoms with Crippen molar-refractivity contribution in [2.45, 2.75) is 26.3 Å². The molecule has 0 fully saturated rings. The first-order chi connectivity index (χ1) is 7.40. The van der Waals surface area contributed by atoms with Crippen molar-refractivity contribution in [1.29, 1.82) is 0 Å². The summed E-state index contributed by atoms with van der Waals surface area (Å²) in [7, 11) is 0. The number of carbonyl (C=O) groups is 1. The maximum Gasteiger partial charge on any atom is 0.305 e. The molecule has 0 aliphatic rings. The van der Waals surface area contributed by atoms with Crippen LogP contribution < -0.4 is 5.32 Å². The second-order valence-corrected chi connectivity index (χ2v) is 4.58. The maximum atomic E-state index is 13.3. The number of carboxylic acids is 1. The number of halogens is 2. The lowest BCUT2D eigenvalue weighted by Crippen LogP contribution is -2.19. The third kappa shape index (κ3) is 3.48. The van der Waals surface area contributed by atoms with E-state index in [9.17, 15) is 9.18 Å². The number of anilines is 1. The lowest BCUT2D eigenvalue weighted by atomic mass is 10.1. The zero-order chi connectivity index (χ0) is 12.3. The highest BCUT2D eigenvalue weighted by Crippen LogP contribution is 2.24. The van der Waals surface area contributed by atoms with Crippen molar-refractivity contribution in [3.63, 3.8) is 0 Å². The van der Waals surface area contributed by atoms with Gasteiger partial charge in [0, 0.05) is 11.7 Å². The van der Waals surface area contributed by atoms with E-state index < -0.39 is 5.97 Å². The summed E-state index contributed by atoms with van der Waals surface area (Å²) >= 11 is 3.09. The molecule has 0 saturated carbocycles. The molecule has 0 bridgehead atoms. The van der Waals surface area contributed by atoms with Crippen LogP contribution >= 0.6 is 15.9 Å². The van der Waals surface area contributed by atoms with Crippen molar-refractivity contribution in [2.75, 3.05) is 5.32 Å². The summed E-state index contributed by atoms with van der Waals surface area (Å²) in [5, 5.41) is 11.6. The smallest absolute Gasteiger partial charge is 0.305 e. The van der Waals surface area contributed by atoms with Crippen LogP contribution in [0.3, 0.4) is 0 Å². The summed E-state index contributed by atoms with van der Waals surface area (Å²) in [4.78, 5) is 10.5. The molecule has 0 spiro atoms. The number of aryl methyl sites for hydroxylation is 1. The Hall–Kier alpha value is -1.10. The second kappa shape index (κ2) is 5.30. The number of carboxylic acid groups (broad SMARTS) is 1. The zero-order valence-electron chi connectivity index (χ0n) is 9.05. The molecule has 1 aromatic rings. The number of hydrogen-bond acceptors (Lipinski definition) is 2. The molecule has 0 aliphatic heterocycles. The standard InChI is InChI=1S/C11H13BrFNO2/c1-6-3-8(12)9(13)5-10(6)14-7(2)4-11(15)16/h3,5,7,14H,4H2,1-2H3,(H,15,16). The van der Waals surface area contributed by atoms with Gasteiger partial charge in [0.15, 0.2) is 0 Å². The quantitative estimate of drug-likeness (QED) is 0.895. The van der Waals surface area contributed by atoms with Gasteiger partial charge in [-0.3, -0.25) is 4.79 Å². The minimum Gasteiger partial charge on any atom is -0.481 e. The number of benzene rings is 1. The first kappa shape index (κ1) is 13.0. The van der Waals surface area contributed by atoms with Crippen molar-refractivity contribution in [2.24, 2.45) is 0 Å². The van der Waals surface area contributed by atoms with Crippen LogP contribution in [0.25, 0.3) is 0 Å². The van der Waals surface area contributed by atoms with Crippen LogP contribution in [-0.2, 0) is 4.79 Å². The molecule has 0 aromatic heterocycles. The second-order valence-electron chi connectivity index (χ2n) is 3.72. The van der Waals surface area contributed by atoms with E-state index in [0.29, 0.717) is 10.2 Å². The fourth-order valence-corrected chi connectivity index (χ4v) is 1.84. The molecule has 3 nitrogen and oxygen atoms in total. The zero-order valence-corrected chi connectivity index (χ0v) is 10.6. The summed E-state index contributed by atoms with van der Waals surface area (Å²) in [5.74, 6) is -1.24. The van der Waals surface area contributed by atoms with E-state index in [2.05, 4.69) is 21.2 Å². The Morgan fingerprint density at radius 1 is 1.62 bits per heavy atom. The molecule has 0 saturated heterocycles. The minimum atomic E-state index is -0.879. The lowest BCUT2D eigenvalue weighted by Gasteiger charge is -2.15. The first-order valence-electron chi connectivity index (χ1n) is 4.84. The normalized spacial score (nSPS) is 12.2. The molecule has 0 radical (unpaired) electrons. The maximum absolute atomic E-state index is 13.3. The van der Waals surface area contributed by atoms with Crippen LogP contribution in [0, 0.1) is 12.7 Å². The average molecular weight is 290 g/mol. The van der Waals surface area contributed by atoms with Gasteiger partial charge in [-0.15, -0.1) is 0 Å². The third-order valence-corrected chi connectivity index (χ3v) is 2.76. The van der Waals surface area contributed by atoms with Crippen molar-refractivity contribution in [3.05, 3.63) is 28.0 Å². The summed E-state index contributed by atoms with van der Waals surface area (Å²) in [6.45, 7) is 3.58. The van der Waals surface area contributed by atoms with Gasteiger partial charge in [-0.25, -0.2) is 4.39 Å². The highest BCUT2D eigenvalue weighted by atomic mass is 79.9. The Kier molecular flexibility index (Phi) is 4.29. The molecule has 1 atom stereocenters. The molecule has 1 unspecified atom stereocenters. The highest BCUT2D eigenvalue weighted by Gasteiger charge is 2.10. The number of nitrogens with one attached hydrogen (secondary N) is 1. The molecular formula is C11H13BrFNO2. The Morgan fingerprint density at radius 3 is 2.81 bits per heavy atom. The van der Waals surface area contributed by atoms with Crippen LogP contribution in [0.4, 0.5) is 10.1 Å². The van der Waals surface area contributed by atoms with Gasteiger partial charge in [0.25, 0.3) is 0 Å². The molecule has 1 rings (SSSR count). The molecule has 0 aliphatic carbocycles. The number of hydrogen-bond donors (Lipinski definition) is 2. The van der Waals surface area contributed by atoms with Gasteiger partial charge in [0.05, 0.1) is 10.9 Å². The Balaban J connectivity index is 2.81. The summed E-state index contributed by atoms with van der Waals surface area (Å²) in [5.41, 5.74) is 1.49. The number of rotatable bonds is 4. The largest absolute Gasteiger partial charge is 0.481 e. The molecule has 2 N–H and O–H groups in total. The molecule has 5 heteroatoms. The van der Waals surface area contributed by atoms with Gasteiger partial charge in [-0.2, -0.15) is 0 Å². The number of aliphatic carboxylic acids is 1. The Labute approximate surface area is 102 Å². The van der Waals surface area contributed by atoms with Crippen LogP contribution in [-0.4, -0.2) is 17.1 Å². The van der Waals surface area contributed by atoms with Crippen molar-refractivity contribution in [1.82, 2.24) is 0 Å². The predicted octanol–water partition coefficient (Wildman–Crippen LogP) is 3.17. The summed E-state index contributed by atoms with van der Waals surface area (Å²) < 4.78 is 13.7. The van der Waals surface area contributed by atoms with E-state index in [-0.39, 0.29) is 18.3 Å². The first-order valence-corrected chi connectivity index (χ1v) is 5.63. The van der Waals surface area contributed by atoms with Gasteiger partial charge >= 0.3 is 5.97 Å². The topological polar surface area (TPSA) is 49.3 Å². The van der Waals surface area contributed by atoms with Crippen LogP contribution in [0.5, 0.6) is 0 Å².